The molecule has 0 bridgehead atoms. The van der Waals surface area contributed by atoms with Gasteiger partial charge in [-0.25, -0.2) is 8.78 Å². The molecule has 0 spiro atoms. The zero-order valence-electron chi connectivity index (χ0n) is 11.1. The highest BCUT2D eigenvalue weighted by molar-refractivity contribution is 7.79. The minimum Gasteiger partial charge on any atom is -0.361 e. The van der Waals surface area contributed by atoms with Gasteiger partial charge in [-0.3, -0.25) is 5.84 Å². The number of H-pyrrole nitrogens is 1. The van der Waals surface area contributed by atoms with E-state index in [-0.39, 0.29) is 11.3 Å². The number of aromatic amines is 1. The lowest BCUT2D eigenvalue weighted by molar-refractivity contribution is 0.566. The van der Waals surface area contributed by atoms with E-state index >= 15 is 0 Å². The maximum Gasteiger partial charge on any atom is 0.130 e. The van der Waals surface area contributed by atoms with E-state index in [0.717, 1.165) is 11.2 Å². The molecular weight excluding hydrogens is 292 g/mol. The van der Waals surface area contributed by atoms with Crippen LogP contribution in [0.5, 0.6) is 0 Å². The van der Waals surface area contributed by atoms with E-state index in [0.29, 0.717) is 0 Å². The van der Waals surface area contributed by atoms with E-state index in [9.17, 15) is 8.78 Å². The summed E-state index contributed by atoms with van der Waals surface area (Å²) in [4.78, 5) is 3.10. The molecule has 110 valence electrons. The molecule has 1 heterocycles. The topological polar surface area (TPSA) is 53.8 Å². The lowest BCUT2D eigenvalue weighted by Crippen LogP contribution is -2.05. The SMILES string of the molecule is Fc1cccc(F)c1CS.NNc1ccc2[nH]ccc2c1. The molecule has 0 atom stereocenters. The van der Waals surface area contributed by atoms with Crippen LogP contribution >= 0.6 is 12.6 Å². The fourth-order valence-corrected chi connectivity index (χ4v) is 2.13. The number of nitrogens with two attached hydrogens (primary N) is 1. The molecule has 0 aliphatic heterocycles. The van der Waals surface area contributed by atoms with Gasteiger partial charge in [-0.15, -0.1) is 0 Å². The summed E-state index contributed by atoms with van der Waals surface area (Å²) < 4.78 is 25.1. The average molecular weight is 307 g/mol. The van der Waals surface area contributed by atoms with Crippen LogP contribution in [0.4, 0.5) is 14.5 Å². The van der Waals surface area contributed by atoms with Crippen molar-refractivity contribution in [2.24, 2.45) is 5.84 Å². The van der Waals surface area contributed by atoms with Crippen LogP contribution in [0.15, 0.2) is 48.7 Å². The fraction of sp³-hybridized carbons (Fsp3) is 0.0667. The van der Waals surface area contributed by atoms with Crippen molar-refractivity contribution in [1.82, 2.24) is 4.98 Å². The largest absolute Gasteiger partial charge is 0.361 e. The Hall–Kier alpha value is -2.05. The first-order valence-electron chi connectivity index (χ1n) is 6.23. The molecule has 6 heteroatoms. The third-order valence-corrected chi connectivity index (χ3v) is 3.26. The minimum absolute atomic E-state index is 0.0332. The summed E-state index contributed by atoms with van der Waals surface area (Å²) in [6.45, 7) is 0. The molecule has 21 heavy (non-hydrogen) atoms. The van der Waals surface area contributed by atoms with Gasteiger partial charge in [-0.1, -0.05) is 6.07 Å². The van der Waals surface area contributed by atoms with Crippen molar-refractivity contribution in [1.29, 1.82) is 0 Å². The Kier molecular flexibility index (Phi) is 5.19. The van der Waals surface area contributed by atoms with Crippen molar-refractivity contribution in [3.63, 3.8) is 0 Å². The Balaban J connectivity index is 0.000000155. The van der Waals surface area contributed by atoms with Crippen LogP contribution in [-0.4, -0.2) is 4.98 Å². The molecule has 0 aliphatic carbocycles. The molecule has 3 rings (SSSR count). The maximum atomic E-state index is 12.6. The predicted octanol–water partition coefficient (Wildman–Crippen LogP) is 3.85. The number of fused-ring (bicyclic) bond motifs is 1. The number of rotatable bonds is 2. The van der Waals surface area contributed by atoms with Gasteiger partial charge < -0.3 is 10.4 Å². The van der Waals surface area contributed by atoms with E-state index in [2.05, 4.69) is 23.0 Å². The molecule has 3 aromatic rings. The van der Waals surface area contributed by atoms with Gasteiger partial charge in [0.25, 0.3) is 0 Å². The second-order valence-corrected chi connectivity index (χ2v) is 4.60. The Morgan fingerprint density at radius 3 is 2.38 bits per heavy atom. The molecular formula is C15H15F2N3S. The lowest BCUT2D eigenvalue weighted by Gasteiger charge is -1.98. The third kappa shape index (κ3) is 3.74. The lowest BCUT2D eigenvalue weighted by atomic mass is 10.2. The summed E-state index contributed by atoms with van der Waals surface area (Å²) in [6, 6.07) is 11.7. The molecule has 0 unspecified atom stereocenters. The fourth-order valence-electron chi connectivity index (χ4n) is 1.83. The van der Waals surface area contributed by atoms with Crippen LogP contribution in [0.1, 0.15) is 5.56 Å². The first-order valence-corrected chi connectivity index (χ1v) is 6.86. The first-order chi connectivity index (χ1) is 10.2. The highest BCUT2D eigenvalue weighted by Gasteiger charge is 2.04. The zero-order valence-corrected chi connectivity index (χ0v) is 12.0. The number of hydrogen-bond donors (Lipinski definition) is 4. The van der Waals surface area contributed by atoms with Crippen molar-refractivity contribution in [3.05, 3.63) is 65.9 Å². The molecule has 0 radical (unpaired) electrons. The summed E-state index contributed by atoms with van der Waals surface area (Å²) >= 11 is 3.77. The second-order valence-electron chi connectivity index (χ2n) is 4.28. The van der Waals surface area contributed by atoms with E-state index in [1.807, 2.05) is 30.5 Å². The molecule has 0 saturated carbocycles. The van der Waals surface area contributed by atoms with Crippen LogP contribution in [0, 0.1) is 11.6 Å². The Morgan fingerprint density at radius 2 is 1.81 bits per heavy atom. The molecule has 0 amide bonds. The number of nitrogens with one attached hydrogen (secondary N) is 2. The standard InChI is InChI=1S/C8H9N3.C7H6F2S/c9-11-7-1-2-8-6(5-7)3-4-10-8;8-6-2-1-3-7(9)5(6)4-10/h1-5,10-11H,9H2;1-3,10H,4H2. The van der Waals surface area contributed by atoms with E-state index in [4.69, 9.17) is 5.84 Å². The number of hydrogen-bond acceptors (Lipinski definition) is 3. The Morgan fingerprint density at radius 1 is 1.10 bits per heavy atom. The van der Waals surface area contributed by atoms with Crippen LogP contribution in [-0.2, 0) is 5.75 Å². The Labute approximate surface area is 126 Å². The van der Waals surface area contributed by atoms with Crippen molar-refractivity contribution in [2.45, 2.75) is 5.75 Å². The maximum absolute atomic E-state index is 12.6. The van der Waals surface area contributed by atoms with E-state index in [1.54, 1.807) is 0 Å². The summed E-state index contributed by atoms with van der Waals surface area (Å²) in [5, 5.41) is 1.17. The number of anilines is 1. The van der Waals surface area contributed by atoms with Gasteiger partial charge in [0.1, 0.15) is 11.6 Å². The molecule has 0 saturated heterocycles. The van der Waals surface area contributed by atoms with Crippen molar-refractivity contribution in [3.8, 4) is 0 Å². The van der Waals surface area contributed by atoms with Crippen LogP contribution in [0.2, 0.25) is 0 Å². The van der Waals surface area contributed by atoms with Crippen LogP contribution in [0.25, 0.3) is 10.9 Å². The minimum atomic E-state index is -0.532. The quantitative estimate of drug-likeness (QED) is 0.330. The smallest absolute Gasteiger partial charge is 0.130 e. The average Bonchev–Trinajstić information content (AvgIpc) is 2.95. The summed E-state index contributed by atoms with van der Waals surface area (Å²) in [5.41, 5.74) is 4.68. The van der Waals surface area contributed by atoms with Crippen LogP contribution < -0.4 is 11.3 Å². The number of nitrogen functional groups attached to an aromatic ring is 1. The van der Waals surface area contributed by atoms with Crippen molar-refractivity contribution < 1.29 is 8.78 Å². The third-order valence-electron chi connectivity index (χ3n) is 2.94. The van der Waals surface area contributed by atoms with Gasteiger partial charge in [0.05, 0.1) is 0 Å². The predicted molar refractivity (Wildman–Crippen MR) is 85.2 cm³/mol. The van der Waals surface area contributed by atoms with Crippen molar-refractivity contribution >= 4 is 29.2 Å². The highest BCUT2D eigenvalue weighted by atomic mass is 32.1. The molecule has 1 aromatic heterocycles. The van der Waals surface area contributed by atoms with Crippen molar-refractivity contribution in [2.75, 3.05) is 5.43 Å². The van der Waals surface area contributed by atoms with Gasteiger partial charge >= 0.3 is 0 Å². The molecule has 0 aliphatic rings. The summed E-state index contributed by atoms with van der Waals surface area (Å²) in [6.07, 6.45) is 1.91. The first kappa shape index (κ1) is 15.3. The Bertz CT molecular complexity index is 708. The van der Waals surface area contributed by atoms with Crippen LogP contribution in [0.3, 0.4) is 0 Å². The van der Waals surface area contributed by atoms with Gasteiger partial charge in [0.2, 0.25) is 0 Å². The van der Waals surface area contributed by atoms with Gasteiger partial charge in [0.15, 0.2) is 0 Å². The van der Waals surface area contributed by atoms with Gasteiger partial charge in [-0.05, 0) is 36.4 Å². The number of hydrazine groups is 1. The summed E-state index contributed by atoms with van der Waals surface area (Å²) in [7, 11) is 0. The van der Waals surface area contributed by atoms with E-state index < -0.39 is 11.6 Å². The summed E-state index contributed by atoms with van der Waals surface area (Å²) in [5.74, 6) is 4.28. The monoisotopic (exact) mass is 307 g/mol. The molecule has 0 fully saturated rings. The van der Waals surface area contributed by atoms with E-state index in [1.165, 1.54) is 23.6 Å². The zero-order chi connectivity index (χ0) is 15.2. The molecule has 3 nitrogen and oxygen atoms in total. The normalized spacial score (nSPS) is 10.1. The van der Waals surface area contributed by atoms with Gasteiger partial charge in [0, 0.05) is 34.1 Å². The second kappa shape index (κ2) is 7.10. The molecule has 4 N–H and O–H groups in total. The van der Waals surface area contributed by atoms with Gasteiger partial charge in [-0.2, -0.15) is 12.6 Å². The number of aromatic nitrogens is 1. The number of benzene rings is 2. The highest BCUT2D eigenvalue weighted by Crippen LogP contribution is 2.16. The molecule has 2 aromatic carbocycles. The number of thiol groups is 1. The number of halogens is 2.